The summed E-state index contributed by atoms with van der Waals surface area (Å²) in [5.41, 5.74) is 0.499. The number of hydrogen-bond acceptors (Lipinski definition) is 2. The third-order valence-corrected chi connectivity index (χ3v) is 8.31. The zero-order chi connectivity index (χ0) is 10.7. The van der Waals surface area contributed by atoms with E-state index in [1.54, 1.807) is 0 Å². The molecule has 0 aliphatic heterocycles. The molecule has 1 unspecified atom stereocenters. The van der Waals surface area contributed by atoms with E-state index in [2.05, 4.69) is 18.3 Å². The standard InChI is InChI=1S/C12H22OPS/c13-14(15,11-7-3-1-4-8-11)12-9-5-2-6-10-12/h7,12-13,15H,1-6,8-10H2/q+1. The Labute approximate surface area is 98.9 Å². The largest absolute Gasteiger partial charge is 0.234 e. The Balaban J connectivity index is 2.06. The number of rotatable bonds is 2. The van der Waals surface area contributed by atoms with Gasteiger partial charge in [0.15, 0.2) is 0 Å². The Hall–Kier alpha value is 0.480. The smallest absolute Gasteiger partial charge is 0.227 e. The predicted octanol–water partition coefficient (Wildman–Crippen LogP) is 4.55. The molecule has 1 nitrogen and oxygen atoms in total. The fourth-order valence-electron chi connectivity index (χ4n) is 2.80. The molecule has 0 amide bonds. The van der Waals surface area contributed by atoms with E-state index >= 15 is 0 Å². The van der Waals surface area contributed by atoms with E-state index in [-0.39, 0.29) is 0 Å². The van der Waals surface area contributed by atoms with Crippen molar-refractivity contribution in [3.63, 3.8) is 0 Å². The Kier molecular flexibility index (Phi) is 4.15. The molecule has 2 aliphatic rings. The first kappa shape index (κ1) is 12.0. The first-order valence-electron chi connectivity index (χ1n) is 6.25. The summed E-state index contributed by atoms with van der Waals surface area (Å²) in [7, 11) is 0. The Bertz CT molecular complexity index is 244. The van der Waals surface area contributed by atoms with Gasteiger partial charge in [-0.25, -0.2) is 4.89 Å². The van der Waals surface area contributed by atoms with E-state index < -0.39 is 6.69 Å². The average Bonchev–Trinajstić information content (AvgIpc) is 2.31. The molecule has 0 heterocycles. The van der Waals surface area contributed by atoms with Crippen molar-refractivity contribution in [3.8, 4) is 0 Å². The maximum absolute atomic E-state index is 10.7. The van der Waals surface area contributed by atoms with Gasteiger partial charge in [-0.1, -0.05) is 6.42 Å². The van der Waals surface area contributed by atoms with E-state index in [9.17, 15) is 4.89 Å². The molecule has 3 heteroatoms. The molecule has 0 spiro atoms. The molecule has 0 aromatic rings. The van der Waals surface area contributed by atoms with Crippen molar-refractivity contribution in [3.05, 3.63) is 11.4 Å². The minimum atomic E-state index is -2.04. The highest BCUT2D eigenvalue weighted by Gasteiger charge is 2.46. The molecule has 1 fully saturated rings. The molecule has 1 atom stereocenters. The van der Waals surface area contributed by atoms with E-state index in [4.69, 9.17) is 0 Å². The lowest BCUT2D eigenvalue weighted by molar-refractivity contribution is 0.482. The summed E-state index contributed by atoms with van der Waals surface area (Å²) in [4.78, 5) is 10.7. The van der Waals surface area contributed by atoms with Gasteiger partial charge in [-0.15, -0.1) is 0 Å². The van der Waals surface area contributed by atoms with Crippen LogP contribution in [-0.4, -0.2) is 10.6 Å². The van der Waals surface area contributed by atoms with Gasteiger partial charge in [0.2, 0.25) is 6.69 Å². The van der Waals surface area contributed by atoms with Crippen LogP contribution < -0.4 is 0 Å². The van der Waals surface area contributed by atoms with Crippen molar-refractivity contribution in [2.45, 2.75) is 63.4 Å². The van der Waals surface area contributed by atoms with Gasteiger partial charge in [0, 0.05) is 18.7 Å². The molecule has 15 heavy (non-hydrogen) atoms. The molecule has 0 aromatic carbocycles. The van der Waals surface area contributed by atoms with Crippen LogP contribution in [0.1, 0.15) is 57.8 Å². The normalized spacial score (nSPS) is 28.3. The lowest BCUT2D eigenvalue weighted by Gasteiger charge is -2.29. The Morgan fingerprint density at radius 1 is 1.13 bits per heavy atom. The van der Waals surface area contributed by atoms with E-state index in [1.165, 1.54) is 50.3 Å². The summed E-state index contributed by atoms with van der Waals surface area (Å²) in [6, 6.07) is 0. The van der Waals surface area contributed by atoms with Gasteiger partial charge in [0.05, 0.1) is 0 Å². The highest BCUT2D eigenvalue weighted by Crippen LogP contribution is 2.74. The number of thiol groups is 1. The van der Waals surface area contributed by atoms with Crippen LogP contribution in [0.2, 0.25) is 0 Å². The summed E-state index contributed by atoms with van der Waals surface area (Å²) in [5, 5.41) is 1.31. The maximum Gasteiger partial charge on any atom is 0.227 e. The van der Waals surface area contributed by atoms with Crippen LogP contribution in [0.3, 0.4) is 0 Å². The first-order chi connectivity index (χ1) is 7.21. The zero-order valence-electron chi connectivity index (χ0n) is 9.36. The molecular formula is C12H22OPS+. The Morgan fingerprint density at radius 3 is 2.47 bits per heavy atom. The molecule has 0 saturated heterocycles. The van der Waals surface area contributed by atoms with Crippen molar-refractivity contribution in [1.29, 1.82) is 0 Å². The van der Waals surface area contributed by atoms with E-state index in [0.717, 1.165) is 12.8 Å². The Morgan fingerprint density at radius 2 is 1.87 bits per heavy atom. The second-order valence-electron chi connectivity index (χ2n) is 4.88. The van der Waals surface area contributed by atoms with Gasteiger partial charge < -0.3 is 0 Å². The van der Waals surface area contributed by atoms with Crippen molar-refractivity contribution in [2.24, 2.45) is 0 Å². The van der Waals surface area contributed by atoms with Gasteiger partial charge >= 0.3 is 0 Å². The van der Waals surface area contributed by atoms with Crippen LogP contribution in [0.25, 0.3) is 0 Å². The SMILES string of the molecule is O[P+](S)(C1=CCCCC1)C1CCCCC1. The fraction of sp³-hybridized carbons (Fsp3) is 0.833. The quantitative estimate of drug-likeness (QED) is 0.540. The molecule has 2 rings (SSSR count). The van der Waals surface area contributed by atoms with Crippen molar-refractivity contribution >= 4 is 18.9 Å². The van der Waals surface area contributed by atoms with E-state index in [1.807, 2.05) is 0 Å². The molecule has 86 valence electrons. The highest BCUT2D eigenvalue weighted by atomic mass is 32.7. The monoisotopic (exact) mass is 245 g/mol. The molecule has 1 N–H and O–H groups in total. The van der Waals surface area contributed by atoms with Gasteiger partial charge in [0.1, 0.15) is 11.0 Å². The summed E-state index contributed by atoms with van der Waals surface area (Å²) in [6.45, 7) is -2.04. The topological polar surface area (TPSA) is 20.2 Å². The second-order valence-corrected chi connectivity index (χ2v) is 9.32. The molecule has 0 bridgehead atoms. The lowest BCUT2D eigenvalue weighted by atomic mass is 10.0. The molecule has 0 radical (unpaired) electrons. The predicted molar refractivity (Wildman–Crippen MR) is 71.5 cm³/mol. The van der Waals surface area contributed by atoms with Crippen LogP contribution in [0.5, 0.6) is 0 Å². The van der Waals surface area contributed by atoms with Gasteiger partial charge in [-0.05, 0) is 51.0 Å². The minimum Gasteiger partial charge on any atom is -0.234 e. The van der Waals surface area contributed by atoms with Crippen molar-refractivity contribution < 1.29 is 4.89 Å². The van der Waals surface area contributed by atoms with Gasteiger partial charge in [-0.3, -0.25) is 0 Å². The minimum absolute atomic E-state index is 0.499. The summed E-state index contributed by atoms with van der Waals surface area (Å²) in [5.74, 6) is 0. The van der Waals surface area contributed by atoms with Crippen LogP contribution in [0.4, 0.5) is 0 Å². The van der Waals surface area contributed by atoms with Gasteiger partial charge in [0.25, 0.3) is 0 Å². The van der Waals surface area contributed by atoms with E-state index in [0.29, 0.717) is 5.66 Å². The molecule has 0 aromatic heterocycles. The van der Waals surface area contributed by atoms with Crippen LogP contribution in [0.15, 0.2) is 11.4 Å². The van der Waals surface area contributed by atoms with Crippen molar-refractivity contribution in [1.82, 2.24) is 0 Å². The summed E-state index contributed by atoms with van der Waals surface area (Å²) < 4.78 is 0. The third-order valence-electron chi connectivity index (χ3n) is 3.77. The zero-order valence-corrected chi connectivity index (χ0v) is 11.1. The molecule has 1 saturated carbocycles. The van der Waals surface area contributed by atoms with Crippen LogP contribution >= 0.6 is 18.9 Å². The fourth-order valence-corrected chi connectivity index (χ4v) is 6.47. The summed E-state index contributed by atoms with van der Waals surface area (Å²) >= 11 is 4.67. The molecule has 2 aliphatic carbocycles. The average molecular weight is 245 g/mol. The lowest BCUT2D eigenvalue weighted by Crippen LogP contribution is -2.16. The number of allylic oxidation sites excluding steroid dienone is 2. The molecular weight excluding hydrogens is 223 g/mol. The summed E-state index contributed by atoms with van der Waals surface area (Å²) in [6.07, 6.45) is 13.4. The van der Waals surface area contributed by atoms with Crippen LogP contribution in [0, 0.1) is 0 Å². The van der Waals surface area contributed by atoms with Crippen LogP contribution in [-0.2, 0) is 0 Å². The van der Waals surface area contributed by atoms with Crippen molar-refractivity contribution in [2.75, 3.05) is 0 Å². The van der Waals surface area contributed by atoms with Gasteiger partial charge in [-0.2, -0.15) is 0 Å². The highest BCUT2D eigenvalue weighted by molar-refractivity contribution is 8.52. The number of hydrogen-bond donors (Lipinski definition) is 2. The third kappa shape index (κ3) is 2.78. The second kappa shape index (κ2) is 5.21. The first-order valence-corrected chi connectivity index (χ1v) is 9.21. The maximum atomic E-state index is 10.7.